The lowest BCUT2D eigenvalue weighted by Crippen LogP contribution is -1.93. The molecule has 0 saturated carbocycles. The second-order valence-corrected chi connectivity index (χ2v) is 3.88. The van der Waals surface area contributed by atoms with Crippen molar-refractivity contribution < 1.29 is 0 Å². The lowest BCUT2D eigenvalue weighted by molar-refractivity contribution is 0.489. The zero-order chi connectivity index (χ0) is 7.56. The molecule has 0 N–H and O–H groups in total. The Bertz CT molecular complexity index is 133. The molecule has 0 aliphatic heterocycles. The van der Waals surface area contributed by atoms with E-state index in [1.54, 1.807) is 5.57 Å². The third-order valence-electron chi connectivity index (χ3n) is 2.35. The topological polar surface area (TPSA) is 0 Å². The molecule has 1 aliphatic carbocycles. The Labute approximate surface area is 64.3 Å². The fourth-order valence-electron chi connectivity index (χ4n) is 1.84. The van der Waals surface area contributed by atoms with E-state index in [1.165, 1.54) is 19.3 Å². The second-order valence-electron chi connectivity index (χ2n) is 3.88. The van der Waals surface area contributed by atoms with Gasteiger partial charge in [0.15, 0.2) is 0 Å². The number of hydrogen-bond donors (Lipinski definition) is 0. The molecule has 0 aromatic heterocycles. The highest BCUT2D eigenvalue weighted by molar-refractivity contribution is 5.03. The molecular formula is C10H18. The molecule has 0 heterocycles. The van der Waals surface area contributed by atoms with Crippen molar-refractivity contribution in [3.8, 4) is 0 Å². The van der Waals surface area contributed by atoms with Gasteiger partial charge < -0.3 is 0 Å². The Morgan fingerprint density at radius 2 is 2.00 bits per heavy atom. The predicted molar refractivity (Wildman–Crippen MR) is 45.9 cm³/mol. The van der Waals surface area contributed by atoms with Gasteiger partial charge in [-0.3, -0.25) is 0 Å². The predicted octanol–water partition coefficient (Wildman–Crippen LogP) is 3.39. The maximum atomic E-state index is 2.43. The summed E-state index contributed by atoms with van der Waals surface area (Å²) in [4.78, 5) is 0. The summed E-state index contributed by atoms with van der Waals surface area (Å²) >= 11 is 0. The van der Waals surface area contributed by atoms with Gasteiger partial charge in [0.05, 0.1) is 0 Å². The van der Waals surface area contributed by atoms with E-state index in [1.807, 2.05) is 0 Å². The average molecular weight is 138 g/mol. The van der Waals surface area contributed by atoms with Gasteiger partial charge in [0.25, 0.3) is 0 Å². The first-order chi connectivity index (χ1) is 4.68. The van der Waals surface area contributed by atoms with Crippen molar-refractivity contribution in [2.24, 2.45) is 11.8 Å². The van der Waals surface area contributed by atoms with Crippen LogP contribution in [0.1, 0.15) is 40.0 Å². The molecular weight excluding hydrogens is 120 g/mol. The van der Waals surface area contributed by atoms with Crippen LogP contribution in [0.5, 0.6) is 0 Å². The van der Waals surface area contributed by atoms with Crippen LogP contribution in [-0.4, -0.2) is 0 Å². The van der Waals surface area contributed by atoms with Crippen molar-refractivity contribution in [1.82, 2.24) is 0 Å². The molecule has 2 atom stereocenters. The molecule has 0 fully saturated rings. The van der Waals surface area contributed by atoms with Gasteiger partial charge >= 0.3 is 0 Å². The van der Waals surface area contributed by atoms with E-state index in [4.69, 9.17) is 0 Å². The minimum Gasteiger partial charge on any atom is -0.0828 e. The number of rotatable bonds is 0. The minimum absolute atomic E-state index is 0.824. The van der Waals surface area contributed by atoms with Crippen LogP contribution in [0.2, 0.25) is 0 Å². The van der Waals surface area contributed by atoms with Crippen LogP contribution in [0.3, 0.4) is 0 Å². The molecule has 1 aliphatic rings. The molecule has 0 aromatic rings. The minimum atomic E-state index is 0.824. The standard InChI is InChI=1S/C10H18/c1-8-4-5-9(2)7-10(3)6-8/h6,8-9H,4-5,7H2,1-3H3. The SMILES string of the molecule is CC1=CC(C)CCC(C)C1. The molecule has 0 bridgehead atoms. The molecule has 1 rings (SSSR count). The summed E-state index contributed by atoms with van der Waals surface area (Å²) in [7, 11) is 0. The zero-order valence-electron chi connectivity index (χ0n) is 7.35. The molecule has 0 spiro atoms. The molecule has 0 nitrogen and oxygen atoms in total. The number of allylic oxidation sites excluding steroid dienone is 2. The summed E-state index contributed by atoms with van der Waals surface area (Å²) < 4.78 is 0. The number of hydrogen-bond acceptors (Lipinski definition) is 0. The van der Waals surface area contributed by atoms with Crippen molar-refractivity contribution in [1.29, 1.82) is 0 Å². The lowest BCUT2D eigenvalue weighted by atomic mass is 10.00. The molecule has 0 saturated heterocycles. The third-order valence-corrected chi connectivity index (χ3v) is 2.35. The van der Waals surface area contributed by atoms with Crippen LogP contribution in [0.15, 0.2) is 11.6 Å². The highest BCUT2D eigenvalue weighted by atomic mass is 14.2. The summed E-state index contributed by atoms with van der Waals surface area (Å²) in [5.74, 6) is 1.74. The Morgan fingerprint density at radius 3 is 2.70 bits per heavy atom. The van der Waals surface area contributed by atoms with Crippen LogP contribution in [0, 0.1) is 11.8 Å². The average Bonchev–Trinajstić information content (AvgIpc) is 1.93. The summed E-state index contributed by atoms with van der Waals surface area (Å²) in [6, 6.07) is 0. The molecule has 58 valence electrons. The van der Waals surface area contributed by atoms with Gasteiger partial charge in [-0.15, -0.1) is 0 Å². The third kappa shape index (κ3) is 2.17. The normalized spacial score (nSPS) is 34.9. The maximum Gasteiger partial charge on any atom is -0.0259 e. The Hall–Kier alpha value is -0.260. The monoisotopic (exact) mass is 138 g/mol. The summed E-state index contributed by atoms with van der Waals surface area (Å²) in [6.07, 6.45) is 6.56. The van der Waals surface area contributed by atoms with E-state index in [0.29, 0.717) is 0 Å². The summed E-state index contributed by atoms with van der Waals surface area (Å²) in [5, 5.41) is 0. The molecule has 0 heteroatoms. The van der Waals surface area contributed by atoms with E-state index >= 15 is 0 Å². The van der Waals surface area contributed by atoms with Gasteiger partial charge in [0, 0.05) is 0 Å². The zero-order valence-corrected chi connectivity index (χ0v) is 7.35. The first-order valence-electron chi connectivity index (χ1n) is 4.36. The van der Waals surface area contributed by atoms with E-state index in [-0.39, 0.29) is 0 Å². The Morgan fingerprint density at radius 1 is 1.30 bits per heavy atom. The Balaban J connectivity index is 2.55. The highest BCUT2D eigenvalue weighted by Crippen LogP contribution is 2.25. The van der Waals surface area contributed by atoms with E-state index in [0.717, 1.165) is 11.8 Å². The molecule has 10 heavy (non-hydrogen) atoms. The van der Waals surface area contributed by atoms with Crippen molar-refractivity contribution in [3.63, 3.8) is 0 Å². The lowest BCUT2D eigenvalue weighted by Gasteiger charge is -2.06. The van der Waals surface area contributed by atoms with Crippen molar-refractivity contribution in [2.75, 3.05) is 0 Å². The molecule has 2 unspecified atom stereocenters. The molecule has 0 radical (unpaired) electrons. The Kier molecular flexibility index (Phi) is 2.53. The van der Waals surface area contributed by atoms with Crippen LogP contribution < -0.4 is 0 Å². The van der Waals surface area contributed by atoms with Crippen molar-refractivity contribution >= 4 is 0 Å². The molecule has 0 aromatic carbocycles. The second kappa shape index (κ2) is 3.23. The van der Waals surface area contributed by atoms with Crippen LogP contribution in [-0.2, 0) is 0 Å². The summed E-state index contributed by atoms with van der Waals surface area (Å²) in [5.41, 5.74) is 1.59. The van der Waals surface area contributed by atoms with E-state index in [9.17, 15) is 0 Å². The smallest absolute Gasteiger partial charge is 0.0259 e. The van der Waals surface area contributed by atoms with E-state index in [2.05, 4.69) is 26.8 Å². The van der Waals surface area contributed by atoms with Crippen LogP contribution >= 0.6 is 0 Å². The quantitative estimate of drug-likeness (QED) is 0.450. The van der Waals surface area contributed by atoms with Crippen molar-refractivity contribution in [2.45, 2.75) is 40.0 Å². The van der Waals surface area contributed by atoms with Gasteiger partial charge in [-0.25, -0.2) is 0 Å². The van der Waals surface area contributed by atoms with Gasteiger partial charge in [-0.1, -0.05) is 25.5 Å². The van der Waals surface area contributed by atoms with Crippen molar-refractivity contribution in [3.05, 3.63) is 11.6 Å². The largest absolute Gasteiger partial charge is 0.0828 e. The van der Waals surface area contributed by atoms with Gasteiger partial charge in [-0.05, 0) is 38.0 Å². The van der Waals surface area contributed by atoms with Crippen LogP contribution in [0.4, 0.5) is 0 Å². The highest BCUT2D eigenvalue weighted by Gasteiger charge is 2.10. The maximum absolute atomic E-state index is 2.43. The van der Waals surface area contributed by atoms with E-state index < -0.39 is 0 Å². The fraction of sp³-hybridized carbons (Fsp3) is 0.800. The molecule has 0 amide bonds. The van der Waals surface area contributed by atoms with Gasteiger partial charge in [0.2, 0.25) is 0 Å². The van der Waals surface area contributed by atoms with Crippen LogP contribution in [0.25, 0.3) is 0 Å². The summed E-state index contributed by atoms with van der Waals surface area (Å²) in [6.45, 7) is 6.94. The van der Waals surface area contributed by atoms with Gasteiger partial charge in [0.1, 0.15) is 0 Å². The van der Waals surface area contributed by atoms with Gasteiger partial charge in [-0.2, -0.15) is 0 Å². The fourth-order valence-corrected chi connectivity index (χ4v) is 1.84. The first-order valence-corrected chi connectivity index (χ1v) is 4.36. The first kappa shape index (κ1) is 7.84.